The lowest BCUT2D eigenvalue weighted by Crippen LogP contribution is -2.49. The van der Waals surface area contributed by atoms with Gasteiger partial charge in [-0.25, -0.2) is 9.37 Å². The highest BCUT2D eigenvalue weighted by Gasteiger charge is 2.25. The normalized spacial score (nSPS) is 18.8. The van der Waals surface area contributed by atoms with Crippen molar-refractivity contribution in [2.24, 2.45) is 0 Å². The van der Waals surface area contributed by atoms with E-state index >= 15 is 0 Å². The van der Waals surface area contributed by atoms with Gasteiger partial charge >= 0.3 is 0 Å². The van der Waals surface area contributed by atoms with Crippen molar-refractivity contribution in [3.63, 3.8) is 0 Å². The predicted molar refractivity (Wildman–Crippen MR) is 100 cm³/mol. The summed E-state index contributed by atoms with van der Waals surface area (Å²) in [6.45, 7) is 5.04. The molecule has 0 spiro atoms. The fourth-order valence-corrected chi connectivity index (χ4v) is 3.96. The molecule has 2 aromatic rings. The summed E-state index contributed by atoms with van der Waals surface area (Å²) in [6.07, 6.45) is 2.26. The number of carbonyl (C=O) groups is 1. The summed E-state index contributed by atoms with van der Waals surface area (Å²) in [5.74, 6) is -0.0707. The van der Waals surface area contributed by atoms with E-state index in [-0.39, 0.29) is 11.7 Å². The van der Waals surface area contributed by atoms with Gasteiger partial charge in [-0.1, -0.05) is 0 Å². The summed E-state index contributed by atoms with van der Waals surface area (Å²) in [7, 11) is 0. The molecule has 5 nitrogen and oxygen atoms in total. The number of aromatic nitrogens is 1. The van der Waals surface area contributed by atoms with Crippen LogP contribution < -0.4 is 5.32 Å². The molecule has 7 heteroatoms. The molecule has 4 rings (SSSR count). The summed E-state index contributed by atoms with van der Waals surface area (Å²) in [6, 6.07) is 6.90. The van der Waals surface area contributed by atoms with Gasteiger partial charge in [0.25, 0.3) is 0 Å². The molecule has 1 aliphatic carbocycles. The van der Waals surface area contributed by atoms with Crippen LogP contribution in [-0.4, -0.2) is 59.5 Å². The Morgan fingerprint density at radius 3 is 2.54 bits per heavy atom. The second-order valence-electron chi connectivity index (χ2n) is 7.04. The Balaban J connectivity index is 1.25. The zero-order valence-corrected chi connectivity index (χ0v) is 15.5. The van der Waals surface area contributed by atoms with Crippen LogP contribution in [0.25, 0.3) is 10.6 Å². The molecule has 2 heterocycles. The van der Waals surface area contributed by atoms with E-state index in [2.05, 4.69) is 25.5 Å². The minimum absolute atomic E-state index is 0.157. The highest BCUT2D eigenvalue weighted by molar-refractivity contribution is 7.13. The Bertz CT molecular complexity index is 751. The molecule has 1 amide bonds. The van der Waals surface area contributed by atoms with Crippen LogP contribution >= 0.6 is 11.3 Å². The standard InChI is InChI=1S/C19H23FN4OS/c20-15-3-1-14(2-4-15)19-22-17(13-26-19)11-23-7-9-24(10-8-23)12-18(25)21-16-5-6-16/h1-4,13,16H,5-12H2,(H,21,25). The van der Waals surface area contributed by atoms with E-state index in [4.69, 9.17) is 0 Å². The molecule has 138 valence electrons. The van der Waals surface area contributed by atoms with Gasteiger partial charge in [0.05, 0.1) is 12.2 Å². The van der Waals surface area contributed by atoms with Crippen molar-refractivity contribution >= 4 is 17.2 Å². The van der Waals surface area contributed by atoms with Gasteiger partial charge in [0, 0.05) is 49.7 Å². The first kappa shape index (κ1) is 17.6. The molecule has 2 fully saturated rings. The van der Waals surface area contributed by atoms with Gasteiger partial charge in [0.15, 0.2) is 0 Å². The largest absolute Gasteiger partial charge is 0.352 e. The van der Waals surface area contributed by atoms with E-state index in [1.54, 1.807) is 23.5 Å². The molecular formula is C19H23FN4OS. The van der Waals surface area contributed by atoms with Crippen molar-refractivity contribution in [2.45, 2.75) is 25.4 Å². The van der Waals surface area contributed by atoms with E-state index in [0.717, 1.165) is 61.8 Å². The summed E-state index contributed by atoms with van der Waals surface area (Å²) in [5.41, 5.74) is 2.00. The zero-order chi connectivity index (χ0) is 17.9. The fourth-order valence-electron chi connectivity index (χ4n) is 3.14. The summed E-state index contributed by atoms with van der Waals surface area (Å²) in [4.78, 5) is 21.2. The lowest BCUT2D eigenvalue weighted by molar-refractivity contribution is -0.122. The average molecular weight is 374 g/mol. The molecule has 2 aliphatic rings. The highest BCUT2D eigenvalue weighted by Crippen LogP contribution is 2.24. The summed E-state index contributed by atoms with van der Waals surface area (Å²) in [5, 5.41) is 6.05. The second-order valence-corrected chi connectivity index (χ2v) is 7.90. The van der Waals surface area contributed by atoms with Gasteiger partial charge in [-0.15, -0.1) is 11.3 Å². The quantitative estimate of drug-likeness (QED) is 0.843. The maximum Gasteiger partial charge on any atom is 0.234 e. The summed E-state index contributed by atoms with van der Waals surface area (Å²) < 4.78 is 13.0. The van der Waals surface area contributed by atoms with Crippen LogP contribution in [-0.2, 0) is 11.3 Å². The molecule has 0 unspecified atom stereocenters. The smallest absolute Gasteiger partial charge is 0.234 e. The number of nitrogens with zero attached hydrogens (tertiary/aromatic N) is 3. The van der Waals surface area contributed by atoms with Crippen LogP contribution in [0.15, 0.2) is 29.6 Å². The second kappa shape index (κ2) is 7.82. The van der Waals surface area contributed by atoms with E-state index in [9.17, 15) is 9.18 Å². The first-order valence-electron chi connectivity index (χ1n) is 9.10. The Kier molecular flexibility index (Phi) is 5.28. The SMILES string of the molecule is O=C(CN1CCN(Cc2csc(-c3ccc(F)cc3)n2)CC1)NC1CC1. The number of thiazole rings is 1. The molecule has 0 bridgehead atoms. The topological polar surface area (TPSA) is 48.5 Å². The van der Waals surface area contributed by atoms with Crippen molar-refractivity contribution in [1.29, 1.82) is 0 Å². The van der Waals surface area contributed by atoms with Gasteiger partial charge in [-0.05, 0) is 37.1 Å². The lowest BCUT2D eigenvalue weighted by Gasteiger charge is -2.33. The molecule has 1 aromatic heterocycles. The van der Waals surface area contributed by atoms with Crippen LogP contribution in [0.4, 0.5) is 4.39 Å². The maximum absolute atomic E-state index is 13.0. The minimum Gasteiger partial charge on any atom is -0.352 e. The van der Waals surface area contributed by atoms with Gasteiger partial charge in [0.2, 0.25) is 5.91 Å². The van der Waals surface area contributed by atoms with Gasteiger partial charge in [0.1, 0.15) is 10.8 Å². The van der Waals surface area contributed by atoms with Crippen LogP contribution in [0, 0.1) is 5.82 Å². The number of amides is 1. The number of carbonyl (C=O) groups excluding carboxylic acids is 1. The number of piperazine rings is 1. The predicted octanol–water partition coefficient (Wildman–Crippen LogP) is 2.35. The van der Waals surface area contributed by atoms with Gasteiger partial charge < -0.3 is 5.32 Å². The Hall–Kier alpha value is -1.83. The van der Waals surface area contributed by atoms with Crippen molar-refractivity contribution in [3.05, 3.63) is 41.2 Å². The molecule has 26 heavy (non-hydrogen) atoms. The van der Waals surface area contributed by atoms with Crippen LogP contribution in [0.2, 0.25) is 0 Å². The van der Waals surface area contributed by atoms with E-state index < -0.39 is 0 Å². The minimum atomic E-state index is -0.228. The van der Waals surface area contributed by atoms with Crippen molar-refractivity contribution in [1.82, 2.24) is 20.1 Å². The number of hydrogen-bond acceptors (Lipinski definition) is 5. The molecule has 1 saturated heterocycles. The van der Waals surface area contributed by atoms with Crippen molar-refractivity contribution in [2.75, 3.05) is 32.7 Å². The molecule has 0 radical (unpaired) electrons. The van der Waals surface area contributed by atoms with Crippen LogP contribution in [0.5, 0.6) is 0 Å². The number of rotatable bonds is 6. The number of halogens is 1. The first-order valence-corrected chi connectivity index (χ1v) is 9.98. The summed E-state index contributed by atoms with van der Waals surface area (Å²) >= 11 is 1.59. The molecule has 1 N–H and O–H groups in total. The highest BCUT2D eigenvalue weighted by atomic mass is 32.1. The van der Waals surface area contributed by atoms with Crippen LogP contribution in [0.1, 0.15) is 18.5 Å². The third-order valence-electron chi connectivity index (χ3n) is 4.80. The number of nitrogens with one attached hydrogen (secondary N) is 1. The number of hydrogen-bond donors (Lipinski definition) is 1. The van der Waals surface area contributed by atoms with Crippen LogP contribution in [0.3, 0.4) is 0 Å². The van der Waals surface area contributed by atoms with E-state index in [1.807, 2.05) is 0 Å². The monoisotopic (exact) mass is 374 g/mol. The molecule has 1 aliphatic heterocycles. The Morgan fingerprint density at radius 1 is 1.15 bits per heavy atom. The Morgan fingerprint density at radius 2 is 1.85 bits per heavy atom. The molecule has 0 atom stereocenters. The first-order chi connectivity index (χ1) is 12.7. The van der Waals surface area contributed by atoms with E-state index in [1.165, 1.54) is 12.1 Å². The number of benzene rings is 1. The molecule has 1 aromatic carbocycles. The fraction of sp³-hybridized carbons (Fsp3) is 0.474. The molecular weight excluding hydrogens is 351 g/mol. The lowest BCUT2D eigenvalue weighted by atomic mass is 10.2. The van der Waals surface area contributed by atoms with Crippen molar-refractivity contribution < 1.29 is 9.18 Å². The van der Waals surface area contributed by atoms with Gasteiger partial charge in [-0.3, -0.25) is 14.6 Å². The maximum atomic E-state index is 13.0. The zero-order valence-electron chi connectivity index (χ0n) is 14.7. The molecule has 1 saturated carbocycles. The average Bonchev–Trinajstić information content (AvgIpc) is 3.32. The van der Waals surface area contributed by atoms with Gasteiger partial charge in [-0.2, -0.15) is 0 Å². The third kappa shape index (κ3) is 4.66. The Labute approximate surface area is 156 Å². The van der Waals surface area contributed by atoms with E-state index in [0.29, 0.717) is 12.6 Å². The third-order valence-corrected chi connectivity index (χ3v) is 5.74. The van der Waals surface area contributed by atoms with Crippen molar-refractivity contribution in [3.8, 4) is 10.6 Å².